The fourth-order valence-corrected chi connectivity index (χ4v) is 6.99. The van der Waals surface area contributed by atoms with Crippen molar-refractivity contribution in [2.75, 3.05) is 7.11 Å². The van der Waals surface area contributed by atoms with Crippen molar-refractivity contribution in [1.82, 2.24) is 4.57 Å². The van der Waals surface area contributed by atoms with Gasteiger partial charge < -0.3 is 9.47 Å². The molecule has 1 aromatic heterocycles. The van der Waals surface area contributed by atoms with Gasteiger partial charge in [-0.15, -0.1) is 0 Å². The molecule has 42 heavy (non-hydrogen) atoms. The summed E-state index contributed by atoms with van der Waals surface area (Å²) in [5.74, 6) is 1.52. The minimum atomic E-state index is -0.248. The second kappa shape index (κ2) is 11.2. The molecular formula is C35H27BrN2O3S. The number of nitrogens with zero attached hydrogens (tertiary/aromatic N) is 2. The normalized spacial score (nSPS) is 15.9. The van der Waals surface area contributed by atoms with Crippen LogP contribution in [0.5, 0.6) is 11.5 Å². The summed E-state index contributed by atoms with van der Waals surface area (Å²) in [5, 5.41) is 0. The van der Waals surface area contributed by atoms with Crippen LogP contribution < -0.4 is 24.4 Å². The highest BCUT2D eigenvalue weighted by molar-refractivity contribution is 9.10. The lowest BCUT2D eigenvalue weighted by Crippen LogP contribution is -2.38. The number of benzene rings is 4. The van der Waals surface area contributed by atoms with E-state index in [0.717, 1.165) is 56.8 Å². The number of ether oxygens (including phenoxy) is 2. The van der Waals surface area contributed by atoms with Gasteiger partial charge in [0.25, 0.3) is 5.56 Å². The van der Waals surface area contributed by atoms with Gasteiger partial charge in [-0.25, -0.2) is 4.99 Å². The third-order valence-electron chi connectivity index (χ3n) is 7.76. The van der Waals surface area contributed by atoms with Crippen LogP contribution in [0.15, 0.2) is 117 Å². The van der Waals surface area contributed by atoms with Crippen LogP contribution in [0.25, 0.3) is 11.8 Å². The van der Waals surface area contributed by atoms with Gasteiger partial charge in [-0.1, -0.05) is 87.9 Å². The van der Waals surface area contributed by atoms with Gasteiger partial charge in [0.05, 0.1) is 23.4 Å². The van der Waals surface area contributed by atoms with Crippen LogP contribution in [0.4, 0.5) is 0 Å². The van der Waals surface area contributed by atoms with Gasteiger partial charge in [0.15, 0.2) is 4.80 Å². The first-order valence-electron chi connectivity index (χ1n) is 13.8. The zero-order valence-corrected chi connectivity index (χ0v) is 25.3. The first-order valence-corrected chi connectivity index (χ1v) is 15.4. The van der Waals surface area contributed by atoms with Crippen LogP contribution >= 0.6 is 27.3 Å². The molecule has 1 aliphatic carbocycles. The zero-order chi connectivity index (χ0) is 28.6. The van der Waals surface area contributed by atoms with E-state index in [1.807, 2.05) is 77.4 Å². The lowest BCUT2D eigenvalue weighted by molar-refractivity contribution is 0.306. The van der Waals surface area contributed by atoms with Crippen molar-refractivity contribution in [3.05, 3.63) is 155 Å². The summed E-state index contributed by atoms with van der Waals surface area (Å²) in [7, 11) is 1.67. The van der Waals surface area contributed by atoms with E-state index in [9.17, 15) is 4.79 Å². The van der Waals surface area contributed by atoms with Crippen LogP contribution in [-0.4, -0.2) is 11.7 Å². The van der Waals surface area contributed by atoms with E-state index in [0.29, 0.717) is 15.9 Å². The quantitative estimate of drug-likeness (QED) is 0.210. The standard InChI is InChI=1S/C35H27BrN2O3S/c1-40-27-9-5-8-25(20-27)33-30-17-14-24-7-2-3-11-29(24)32(30)37-35-38(33)34(39)31(42-35)19-23-6-4-10-28(18-23)41-21-22-12-15-26(36)16-13-22/h2-13,15-16,18-20,33H,14,17,21H2,1H3/b31-19+/t33-/m0/s1. The molecule has 2 heterocycles. The van der Waals surface area contributed by atoms with Crippen LogP contribution in [0.2, 0.25) is 0 Å². The maximum absolute atomic E-state index is 14.1. The van der Waals surface area contributed by atoms with Gasteiger partial charge in [0.2, 0.25) is 0 Å². The van der Waals surface area contributed by atoms with Crippen molar-refractivity contribution in [2.24, 2.45) is 4.99 Å². The maximum Gasteiger partial charge on any atom is 0.271 e. The molecular weight excluding hydrogens is 608 g/mol. The van der Waals surface area contributed by atoms with Crippen LogP contribution in [-0.2, 0) is 13.0 Å². The molecule has 0 amide bonds. The summed E-state index contributed by atoms with van der Waals surface area (Å²) in [4.78, 5) is 19.9. The van der Waals surface area contributed by atoms with Gasteiger partial charge >= 0.3 is 0 Å². The number of rotatable bonds is 6. The van der Waals surface area contributed by atoms with Gasteiger partial charge in [0.1, 0.15) is 18.1 Å². The average molecular weight is 636 g/mol. The van der Waals surface area contributed by atoms with Crippen molar-refractivity contribution in [3.63, 3.8) is 0 Å². The number of hydrogen-bond acceptors (Lipinski definition) is 5. The topological polar surface area (TPSA) is 52.8 Å². The minimum Gasteiger partial charge on any atom is -0.497 e. The molecule has 0 fully saturated rings. The van der Waals surface area contributed by atoms with Crippen molar-refractivity contribution < 1.29 is 9.47 Å². The van der Waals surface area contributed by atoms with E-state index in [1.165, 1.54) is 22.5 Å². The molecule has 0 saturated heterocycles. The van der Waals surface area contributed by atoms with Gasteiger partial charge in [0, 0.05) is 10.0 Å². The molecule has 2 aliphatic rings. The van der Waals surface area contributed by atoms with Crippen molar-refractivity contribution in [1.29, 1.82) is 0 Å². The summed E-state index contributed by atoms with van der Waals surface area (Å²) in [6, 6.07) is 32.2. The van der Waals surface area contributed by atoms with Gasteiger partial charge in [-0.2, -0.15) is 0 Å². The second-order valence-corrected chi connectivity index (χ2v) is 12.3. The first kappa shape index (κ1) is 26.7. The van der Waals surface area contributed by atoms with Crippen LogP contribution in [0.3, 0.4) is 0 Å². The zero-order valence-electron chi connectivity index (χ0n) is 22.9. The third-order valence-corrected chi connectivity index (χ3v) is 9.27. The lowest BCUT2D eigenvalue weighted by atomic mass is 9.83. The molecule has 1 aliphatic heterocycles. The third kappa shape index (κ3) is 5.03. The molecule has 7 rings (SSSR count). The van der Waals surface area contributed by atoms with Crippen molar-refractivity contribution in [2.45, 2.75) is 25.5 Å². The Hall–Kier alpha value is -4.20. The highest BCUT2D eigenvalue weighted by Gasteiger charge is 2.32. The molecule has 0 bridgehead atoms. The number of aryl methyl sites for hydroxylation is 1. The Labute approximate surface area is 255 Å². The second-order valence-electron chi connectivity index (χ2n) is 10.4. The molecule has 5 aromatic rings. The molecule has 208 valence electrons. The summed E-state index contributed by atoms with van der Waals surface area (Å²) in [5.41, 5.74) is 7.57. The minimum absolute atomic E-state index is 0.0434. The van der Waals surface area contributed by atoms with Gasteiger partial charge in [-0.05, 0) is 83.1 Å². The molecule has 0 spiro atoms. The molecule has 0 radical (unpaired) electrons. The maximum atomic E-state index is 14.1. The highest BCUT2D eigenvalue weighted by atomic mass is 79.9. The number of aromatic nitrogens is 1. The average Bonchev–Trinajstić information content (AvgIpc) is 3.33. The summed E-state index contributed by atoms with van der Waals surface area (Å²) >= 11 is 4.90. The fraction of sp³-hybridized carbons (Fsp3) is 0.143. The molecule has 0 unspecified atom stereocenters. The van der Waals surface area contributed by atoms with E-state index < -0.39 is 0 Å². The van der Waals surface area contributed by atoms with E-state index >= 15 is 0 Å². The number of halogens is 1. The monoisotopic (exact) mass is 634 g/mol. The van der Waals surface area contributed by atoms with Crippen LogP contribution in [0.1, 0.15) is 40.3 Å². The Kier molecular flexibility index (Phi) is 7.14. The van der Waals surface area contributed by atoms with E-state index in [2.05, 4.69) is 46.3 Å². The number of thiazole rings is 1. The molecule has 5 nitrogen and oxygen atoms in total. The Balaban J connectivity index is 1.31. The van der Waals surface area contributed by atoms with Crippen LogP contribution in [0, 0.1) is 0 Å². The molecule has 4 aromatic carbocycles. The largest absolute Gasteiger partial charge is 0.497 e. The predicted molar refractivity (Wildman–Crippen MR) is 171 cm³/mol. The first-order chi connectivity index (χ1) is 20.6. The van der Waals surface area contributed by atoms with Crippen molar-refractivity contribution in [3.8, 4) is 11.5 Å². The number of allylic oxidation sites excluding steroid dienone is 1. The number of hydrogen-bond donors (Lipinski definition) is 0. The summed E-state index contributed by atoms with van der Waals surface area (Å²) in [6.45, 7) is 0.465. The molecule has 1 atom stereocenters. The van der Waals surface area contributed by atoms with Crippen molar-refractivity contribution >= 4 is 39.0 Å². The Bertz CT molecular complexity index is 2020. The predicted octanol–water partition coefficient (Wildman–Crippen LogP) is 6.67. The summed E-state index contributed by atoms with van der Waals surface area (Å²) < 4.78 is 15.2. The SMILES string of the molecule is COc1cccc([C@H]2C3=C(N=c4s/c(=C/c5cccc(OCc6ccc(Br)cc6)c5)c(=O)n42)c2ccccc2CC3)c1. The van der Waals surface area contributed by atoms with E-state index in [1.54, 1.807) is 7.11 Å². The molecule has 0 saturated carbocycles. The number of fused-ring (bicyclic) bond motifs is 3. The Morgan fingerprint density at radius 2 is 1.76 bits per heavy atom. The Morgan fingerprint density at radius 1 is 0.952 bits per heavy atom. The van der Waals surface area contributed by atoms with E-state index in [4.69, 9.17) is 14.5 Å². The lowest BCUT2D eigenvalue weighted by Gasteiger charge is -2.31. The smallest absolute Gasteiger partial charge is 0.271 e. The molecule has 7 heteroatoms. The van der Waals surface area contributed by atoms with E-state index in [-0.39, 0.29) is 11.6 Å². The van der Waals surface area contributed by atoms with Gasteiger partial charge in [-0.3, -0.25) is 9.36 Å². The highest BCUT2D eigenvalue weighted by Crippen LogP contribution is 2.41. The summed E-state index contributed by atoms with van der Waals surface area (Å²) in [6.07, 6.45) is 3.71. The Morgan fingerprint density at radius 3 is 2.62 bits per heavy atom. The fourth-order valence-electron chi connectivity index (χ4n) is 5.73. The molecule has 0 N–H and O–H groups in total. The number of methoxy groups -OCH3 is 1.